The van der Waals surface area contributed by atoms with Crippen LogP contribution in [0.15, 0.2) is 48.5 Å². The molecule has 0 aliphatic rings. The molecule has 1 nitrogen and oxygen atoms in total. The van der Waals surface area contributed by atoms with E-state index >= 15 is 0 Å². The van der Waals surface area contributed by atoms with Crippen LogP contribution in [0.4, 0.5) is 0 Å². The van der Waals surface area contributed by atoms with Crippen LogP contribution in [0, 0.1) is 0 Å². The molecule has 2 aromatic carbocycles. The van der Waals surface area contributed by atoms with Crippen LogP contribution in [-0.4, -0.2) is 12.7 Å². The minimum absolute atomic E-state index is 0.477. The molecule has 0 radical (unpaired) electrons. The predicted molar refractivity (Wildman–Crippen MR) is 83.0 cm³/mol. The third-order valence-corrected chi connectivity index (χ3v) is 5.57. The summed E-state index contributed by atoms with van der Waals surface area (Å²) in [5.74, 6) is 0. The maximum absolute atomic E-state index is 6.06. The lowest BCUT2D eigenvalue weighted by Crippen LogP contribution is -2.18. The quantitative estimate of drug-likeness (QED) is 0.860. The summed E-state index contributed by atoms with van der Waals surface area (Å²) in [6, 6.07) is 16.0. The van der Waals surface area contributed by atoms with Crippen LogP contribution in [0.25, 0.3) is 0 Å². The van der Waals surface area contributed by atoms with Gasteiger partial charge in [-0.1, -0.05) is 47.5 Å². The summed E-state index contributed by atoms with van der Waals surface area (Å²) in [4.78, 5) is 0. The van der Waals surface area contributed by atoms with Crippen LogP contribution < -0.4 is 16.3 Å². The highest BCUT2D eigenvalue weighted by Crippen LogP contribution is 2.34. The average molecular weight is 298 g/mol. The van der Waals surface area contributed by atoms with Gasteiger partial charge in [-0.2, -0.15) is 0 Å². The molecule has 0 aromatic heterocycles. The molecule has 0 amide bonds. The lowest BCUT2D eigenvalue weighted by Gasteiger charge is -2.18. The van der Waals surface area contributed by atoms with E-state index in [2.05, 4.69) is 12.1 Å². The highest BCUT2D eigenvalue weighted by Gasteiger charge is 2.13. The molecule has 0 spiro atoms. The van der Waals surface area contributed by atoms with Gasteiger partial charge in [0, 0.05) is 10.0 Å². The fourth-order valence-electron chi connectivity index (χ4n) is 1.82. The number of nitrogens with two attached hydrogens (primary N) is 1. The second-order valence-electron chi connectivity index (χ2n) is 3.90. The summed E-state index contributed by atoms with van der Waals surface area (Å²) in [5.41, 5.74) is 5.73. The van der Waals surface area contributed by atoms with Gasteiger partial charge in [0.2, 0.25) is 0 Å². The van der Waals surface area contributed by atoms with Gasteiger partial charge < -0.3 is 5.73 Å². The lowest BCUT2D eigenvalue weighted by atomic mass is 10.4. The monoisotopic (exact) mass is 297 g/mol. The van der Waals surface area contributed by atoms with Crippen LogP contribution in [-0.2, 0) is 0 Å². The fraction of sp³-hybridized carbons (Fsp3) is 0.143. The van der Waals surface area contributed by atoms with Gasteiger partial charge in [-0.3, -0.25) is 0 Å². The molecule has 2 rings (SSSR count). The van der Waals surface area contributed by atoms with Crippen LogP contribution in [0.1, 0.15) is 0 Å². The Morgan fingerprint density at radius 2 is 1.39 bits per heavy atom. The van der Waals surface area contributed by atoms with Crippen molar-refractivity contribution in [3.63, 3.8) is 0 Å². The van der Waals surface area contributed by atoms with Gasteiger partial charge in [-0.25, -0.2) is 0 Å². The number of halogens is 2. The van der Waals surface area contributed by atoms with E-state index in [1.54, 1.807) is 0 Å². The van der Waals surface area contributed by atoms with Gasteiger partial charge in [0.05, 0.1) is 0 Å². The average Bonchev–Trinajstić information content (AvgIpc) is 2.36. The predicted octanol–water partition coefficient (Wildman–Crippen LogP) is 3.38. The molecule has 18 heavy (non-hydrogen) atoms. The molecule has 0 fully saturated rings. The molecule has 4 heteroatoms. The van der Waals surface area contributed by atoms with Crippen LogP contribution >= 0.6 is 31.1 Å². The van der Waals surface area contributed by atoms with Crippen molar-refractivity contribution in [1.29, 1.82) is 0 Å². The van der Waals surface area contributed by atoms with Gasteiger partial charge in [-0.15, -0.1) is 0 Å². The van der Waals surface area contributed by atoms with Gasteiger partial charge in [-0.05, 0) is 55.5 Å². The molecule has 0 atom stereocenters. The molecular weight excluding hydrogens is 284 g/mol. The van der Waals surface area contributed by atoms with Crippen molar-refractivity contribution in [2.45, 2.75) is 0 Å². The van der Waals surface area contributed by atoms with Crippen molar-refractivity contribution < 1.29 is 0 Å². The highest BCUT2D eigenvalue weighted by molar-refractivity contribution is 7.73. The first-order chi connectivity index (χ1) is 8.70. The summed E-state index contributed by atoms with van der Waals surface area (Å²) in [6.07, 6.45) is 0.940. The van der Waals surface area contributed by atoms with Gasteiger partial charge in [0.25, 0.3) is 0 Å². The standard InChI is InChI=1S/C14H14Cl2NP/c15-11-3-1-5-13(9-11)18(8-7-17)14-6-2-4-12(16)10-14/h1-6,9-10H,7-8,17H2. The molecule has 0 aliphatic carbocycles. The third kappa shape index (κ3) is 3.46. The second-order valence-corrected chi connectivity index (χ2v) is 7.11. The molecule has 0 aliphatic heterocycles. The van der Waals surface area contributed by atoms with E-state index < -0.39 is 7.92 Å². The Morgan fingerprint density at radius 1 is 0.889 bits per heavy atom. The zero-order valence-corrected chi connectivity index (χ0v) is 12.2. The van der Waals surface area contributed by atoms with Crippen molar-refractivity contribution in [2.24, 2.45) is 5.73 Å². The maximum atomic E-state index is 6.06. The van der Waals surface area contributed by atoms with Crippen molar-refractivity contribution in [3.05, 3.63) is 58.6 Å². The summed E-state index contributed by atoms with van der Waals surface area (Å²) in [5, 5.41) is 4.01. The first-order valence-electron chi connectivity index (χ1n) is 5.69. The number of hydrogen-bond acceptors (Lipinski definition) is 1. The molecule has 0 saturated carbocycles. The molecular formula is C14H14Cl2NP. The summed E-state index contributed by atoms with van der Waals surface area (Å²) in [7, 11) is -0.477. The summed E-state index contributed by atoms with van der Waals surface area (Å²) < 4.78 is 0. The Hall–Kier alpha value is -0.590. The normalized spacial score (nSPS) is 10.9. The highest BCUT2D eigenvalue weighted by atomic mass is 35.5. The van der Waals surface area contributed by atoms with Crippen LogP contribution in [0.5, 0.6) is 0 Å². The molecule has 94 valence electrons. The van der Waals surface area contributed by atoms with Crippen molar-refractivity contribution in [3.8, 4) is 0 Å². The third-order valence-electron chi connectivity index (χ3n) is 2.59. The Balaban J connectivity index is 2.39. The van der Waals surface area contributed by atoms with E-state index in [4.69, 9.17) is 28.9 Å². The molecule has 0 bridgehead atoms. The maximum Gasteiger partial charge on any atom is 0.0412 e. The van der Waals surface area contributed by atoms with Crippen LogP contribution in [0.3, 0.4) is 0 Å². The number of hydrogen-bond donors (Lipinski definition) is 1. The van der Waals surface area contributed by atoms with E-state index in [0.29, 0.717) is 6.54 Å². The molecule has 2 N–H and O–H groups in total. The van der Waals surface area contributed by atoms with Crippen molar-refractivity contribution in [2.75, 3.05) is 12.7 Å². The molecule has 0 saturated heterocycles. The van der Waals surface area contributed by atoms with Gasteiger partial charge in [0.15, 0.2) is 0 Å². The molecule has 0 heterocycles. The minimum Gasteiger partial charge on any atom is -0.330 e. The van der Waals surface area contributed by atoms with E-state index in [1.165, 1.54) is 10.6 Å². The summed E-state index contributed by atoms with van der Waals surface area (Å²) >= 11 is 12.1. The zero-order valence-electron chi connectivity index (χ0n) is 9.81. The fourth-order valence-corrected chi connectivity index (χ4v) is 4.55. The van der Waals surface area contributed by atoms with Crippen molar-refractivity contribution >= 4 is 41.7 Å². The smallest absolute Gasteiger partial charge is 0.0412 e. The minimum atomic E-state index is -0.477. The van der Waals surface area contributed by atoms with E-state index in [-0.39, 0.29) is 0 Å². The first-order valence-corrected chi connectivity index (χ1v) is 7.98. The Labute approximate surface area is 119 Å². The lowest BCUT2D eigenvalue weighted by molar-refractivity contribution is 1.15. The largest absolute Gasteiger partial charge is 0.330 e. The van der Waals surface area contributed by atoms with E-state index in [9.17, 15) is 0 Å². The van der Waals surface area contributed by atoms with E-state index in [0.717, 1.165) is 16.2 Å². The zero-order chi connectivity index (χ0) is 13.0. The molecule has 2 aromatic rings. The van der Waals surface area contributed by atoms with E-state index in [1.807, 2.05) is 36.4 Å². The Bertz CT molecular complexity index is 485. The first kappa shape index (κ1) is 13.8. The van der Waals surface area contributed by atoms with Gasteiger partial charge in [0.1, 0.15) is 0 Å². The van der Waals surface area contributed by atoms with Crippen LogP contribution in [0.2, 0.25) is 10.0 Å². The Morgan fingerprint density at radius 3 is 1.78 bits per heavy atom. The number of rotatable bonds is 4. The topological polar surface area (TPSA) is 26.0 Å². The van der Waals surface area contributed by atoms with Crippen molar-refractivity contribution in [1.82, 2.24) is 0 Å². The Kier molecular flexibility index (Phi) is 5.03. The summed E-state index contributed by atoms with van der Waals surface area (Å²) in [6.45, 7) is 0.657. The van der Waals surface area contributed by atoms with Gasteiger partial charge >= 0.3 is 0 Å². The second kappa shape index (κ2) is 6.54. The molecule has 0 unspecified atom stereocenters. The number of benzene rings is 2. The SMILES string of the molecule is NCCP(c1cccc(Cl)c1)c1cccc(Cl)c1.